The van der Waals surface area contributed by atoms with Gasteiger partial charge in [0.2, 0.25) is 0 Å². The lowest BCUT2D eigenvalue weighted by atomic mass is 10.4. The van der Waals surface area contributed by atoms with E-state index >= 15 is 0 Å². The van der Waals surface area contributed by atoms with Crippen molar-refractivity contribution in [2.24, 2.45) is 0 Å². The van der Waals surface area contributed by atoms with E-state index in [4.69, 9.17) is 4.74 Å². The molecule has 1 aromatic rings. The Morgan fingerprint density at radius 2 is 2.00 bits per heavy atom. The average Bonchev–Trinajstić information content (AvgIpc) is 2.98. The number of nitrogens with zero attached hydrogens (tertiary/aromatic N) is 3. The number of rotatable bonds is 5. The Balaban J connectivity index is 2.11. The third-order valence-electron chi connectivity index (χ3n) is 3.44. The molecule has 2 rings (SSSR count). The van der Waals surface area contributed by atoms with Crippen LogP contribution in [0.3, 0.4) is 0 Å². The van der Waals surface area contributed by atoms with Crippen molar-refractivity contribution in [3.63, 3.8) is 0 Å². The molecule has 0 saturated carbocycles. The number of sulfonamides is 1. The standard InChI is InChI=1S/C12H20N4O4S/c1-3-15-5-7-16(8-6-15)21(18,19)11-9-10(13-14-11)12(17)20-4-2/h9H,3-8H2,1-2H3,(H,13,14). The van der Waals surface area contributed by atoms with Gasteiger partial charge in [-0.15, -0.1) is 0 Å². The molecule has 0 radical (unpaired) electrons. The maximum Gasteiger partial charge on any atom is 0.358 e. The number of carbonyl (C=O) groups is 1. The number of aromatic nitrogens is 2. The average molecular weight is 316 g/mol. The third kappa shape index (κ3) is 3.42. The number of aromatic amines is 1. The van der Waals surface area contributed by atoms with Gasteiger partial charge in [0.25, 0.3) is 10.0 Å². The van der Waals surface area contributed by atoms with E-state index < -0.39 is 16.0 Å². The topological polar surface area (TPSA) is 95.6 Å². The Kier molecular flexibility index (Phi) is 4.96. The highest BCUT2D eigenvalue weighted by Gasteiger charge is 2.30. The van der Waals surface area contributed by atoms with E-state index in [0.29, 0.717) is 26.2 Å². The van der Waals surface area contributed by atoms with Crippen molar-refractivity contribution in [2.75, 3.05) is 39.3 Å². The second kappa shape index (κ2) is 6.54. The second-order valence-electron chi connectivity index (χ2n) is 4.68. The first-order chi connectivity index (χ1) is 9.98. The fourth-order valence-corrected chi connectivity index (χ4v) is 3.51. The van der Waals surface area contributed by atoms with Gasteiger partial charge in [0.15, 0.2) is 10.7 Å². The maximum absolute atomic E-state index is 12.5. The van der Waals surface area contributed by atoms with Crippen LogP contribution in [-0.2, 0) is 14.8 Å². The zero-order valence-corrected chi connectivity index (χ0v) is 13.0. The molecule has 0 aromatic carbocycles. The molecule has 0 atom stereocenters. The second-order valence-corrected chi connectivity index (χ2v) is 6.58. The Hall–Kier alpha value is -1.45. The van der Waals surface area contributed by atoms with Gasteiger partial charge in [-0.2, -0.15) is 9.40 Å². The molecule has 1 aliphatic heterocycles. The Morgan fingerprint density at radius 3 is 2.57 bits per heavy atom. The van der Waals surface area contributed by atoms with E-state index in [0.717, 1.165) is 6.54 Å². The summed E-state index contributed by atoms with van der Waals surface area (Å²) >= 11 is 0. The Labute approximate surface area is 124 Å². The van der Waals surface area contributed by atoms with Gasteiger partial charge >= 0.3 is 5.97 Å². The maximum atomic E-state index is 12.5. The summed E-state index contributed by atoms with van der Waals surface area (Å²) in [6, 6.07) is 1.22. The molecule has 118 valence electrons. The van der Waals surface area contributed by atoms with Crippen molar-refractivity contribution in [2.45, 2.75) is 18.9 Å². The normalized spacial score (nSPS) is 17.8. The van der Waals surface area contributed by atoms with E-state index in [1.165, 1.54) is 10.4 Å². The largest absolute Gasteiger partial charge is 0.461 e. The van der Waals surface area contributed by atoms with Gasteiger partial charge in [-0.3, -0.25) is 5.10 Å². The quantitative estimate of drug-likeness (QED) is 0.763. The number of likely N-dealkylation sites (N-methyl/N-ethyl adjacent to an activating group) is 1. The lowest BCUT2D eigenvalue weighted by molar-refractivity contribution is 0.0519. The highest BCUT2D eigenvalue weighted by Crippen LogP contribution is 2.16. The Morgan fingerprint density at radius 1 is 1.33 bits per heavy atom. The van der Waals surface area contributed by atoms with Crippen LogP contribution in [0.2, 0.25) is 0 Å². The van der Waals surface area contributed by atoms with E-state index in [1.54, 1.807) is 6.92 Å². The van der Waals surface area contributed by atoms with Crippen molar-refractivity contribution >= 4 is 16.0 Å². The molecule has 1 N–H and O–H groups in total. The molecule has 2 heterocycles. The SMILES string of the molecule is CCOC(=O)c1cc(S(=O)(=O)N2CCN(CC)CC2)[nH]n1. The summed E-state index contributed by atoms with van der Waals surface area (Å²) in [6.45, 7) is 7.12. The van der Waals surface area contributed by atoms with Gasteiger partial charge in [-0.25, -0.2) is 13.2 Å². The van der Waals surface area contributed by atoms with E-state index in [1.807, 2.05) is 6.92 Å². The minimum atomic E-state index is -3.64. The number of nitrogens with one attached hydrogen (secondary N) is 1. The van der Waals surface area contributed by atoms with E-state index in [9.17, 15) is 13.2 Å². The van der Waals surface area contributed by atoms with Crippen LogP contribution in [0.4, 0.5) is 0 Å². The van der Waals surface area contributed by atoms with Crippen LogP contribution in [0.1, 0.15) is 24.3 Å². The molecular weight excluding hydrogens is 296 g/mol. The van der Waals surface area contributed by atoms with Crippen LogP contribution < -0.4 is 0 Å². The summed E-state index contributed by atoms with van der Waals surface area (Å²) < 4.78 is 31.1. The third-order valence-corrected chi connectivity index (χ3v) is 5.25. The number of carbonyl (C=O) groups excluding carboxylic acids is 1. The lowest BCUT2D eigenvalue weighted by Gasteiger charge is -2.32. The van der Waals surface area contributed by atoms with Gasteiger partial charge < -0.3 is 9.64 Å². The summed E-state index contributed by atoms with van der Waals surface area (Å²) in [5.41, 5.74) is -0.0254. The number of hydrogen-bond acceptors (Lipinski definition) is 6. The molecule has 1 aromatic heterocycles. The monoisotopic (exact) mass is 316 g/mol. The van der Waals surface area contributed by atoms with Gasteiger partial charge in [0.1, 0.15) is 0 Å². The van der Waals surface area contributed by atoms with Crippen molar-refractivity contribution < 1.29 is 17.9 Å². The molecule has 1 aliphatic rings. The summed E-state index contributed by atoms with van der Waals surface area (Å²) in [7, 11) is -3.64. The molecule has 0 bridgehead atoms. The van der Waals surface area contributed by atoms with Gasteiger partial charge in [-0.1, -0.05) is 6.92 Å². The summed E-state index contributed by atoms with van der Waals surface area (Å²) in [4.78, 5) is 13.7. The van der Waals surface area contributed by atoms with Crippen LogP contribution in [0, 0.1) is 0 Å². The van der Waals surface area contributed by atoms with Gasteiger partial charge in [0, 0.05) is 32.2 Å². The molecule has 0 aliphatic carbocycles. The molecule has 0 amide bonds. The molecule has 9 heteroatoms. The highest BCUT2D eigenvalue weighted by molar-refractivity contribution is 7.89. The minimum Gasteiger partial charge on any atom is -0.461 e. The number of piperazine rings is 1. The van der Waals surface area contributed by atoms with E-state index in [-0.39, 0.29) is 17.3 Å². The number of ether oxygens (including phenoxy) is 1. The predicted molar refractivity (Wildman–Crippen MR) is 75.4 cm³/mol. The predicted octanol–water partition coefficient (Wildman–Crippen LogP) is -0.0874. The van der Waals surface area contributed by atoms with Crippen LogP contribution in [0.25, 0.3) is 0 Å². The van der Waals surface area contributed by atoms with E-state index in [2.05, 4.69) is 15.1 Å². The molecule has 0 spiro atoms. The summed E-state index contributed by atoms with van der Waals surface area (Å²) in [6.07, 6.45) is 0. The smallest absolute Gasteiger partial charge is 0.358 e. The molecular formula is C12H20N4O4S. The number of hydrogen-bond donors (Lipinski definition) is 1. The molecule has 1 fully saturated rings. The summed E-state index contributed by atoms with van der Waals surface area (Å²) in [5, 5.41) is 6.05. The number of H-pyrrole nitrogens is 1. The zero-order valence-electron chi connectivity index (χ0n) is 12.2. The minimum absolute atomic E-state index is 0.0254. The molecule has 1 saturated heterocycles. The zero-order chi connectivity index (χ0) is 15.5. The van der Waals surface area contributed by atoms with Gasteiger partial charge in [-0.05, 0) is 13.5 Å². The summed E-state index contributed by atoms with van der Waals surface area (Å²) in [5.74, 6) is -0.633. The van der Waals surface area contributed by atoms with Crippen LogP contribution in [0.15, 0.2) is 11.1 Å². The van der Waals surface area contributed by atoms with Crippen molar-refractivity contribution in [3.8, 4) is 0 Å². The first-order valence-corrected chi connectivity index (χ1v) is 8.38. The van der Waals surface area contributed by atoms with Crippen molar-refractivity contribution in [3.05, 3.63) is 11.8 Å². The first kappa shape index (κ1) is 15.9. The van der Waals surface area contributed by atoms with Crippen molar-refractivity contribution in [1.29, 1.82) is 0 Å². The van der Waals surface area contributed by atoms with Crippen LogP contribution in [0.5, 0.6) is 0 Å². The highest BCUT2D eigenvalue weighted by atomic mass is 32.2. The lowest BCUT2D eigenvalue weighted by Crippen LogP contribution is -2.48. The van der Waals surface area contributed by atoms with Crippen molar-refractivity contribution in [1.82, 2.24) is 19.4 Å². The fraction of sp³-hybridized carbons (Fsp3) is 0.667. The molecule has 21 heavy (non-hydrogen) atoms. The molecule has 0 unspecified atom stereocenters. The van der Waals surface area contributed by atoms with Crippen LogP contribution in [-0.4, -0.2) is 73.1 Å². The Bertz CT molecular complexity index is 590. The first-order valence-electron chi connectivity index (χ1n) is 6.94. The van der Waals surface area contributed by atoms with Crippen LogP contribution >= 0.6 is 0 Å². The number of esters is 1. The fourth-order valence-electron chi connectivity index (χ4n) is 2.17. The molecule has 8 nitrogen and oxygen atoms in total. The van der Waals surface area contributed by atoms with Gasteiger partial charge in [0.05, 0.1) is 6.61 Å².